The van der Waals surface area contributed by atoms with Gasteiger partial charge in [-0.15, -0.1) is 88.0 Å². The normalized spacial score (nSPS) is 10.5. The van der Waals surface area contributed by atoms with Crippen LogP contribution in [0.1, 0.15) is 17.5 Å². The molecular formula is C31H25Cl2Hf-5. The summed E-state index contributed by atoms with van der Waals surface area (Å²) in [6.45, 7) is 0. The van der Waals surface area contributed by atoms with Crippen molar-refractivity contribution in [3.05, 3.63) is 157 Å². The van der Waals surface area contributed by atoms with Gasteiger partial charge in [-0.1, -0.05) is 72.8 Å². The van der Waals surface area contributed by atoms with Crippen LogP contribution in [0, 0.1) is 12.5 Å². The molecule has 5 aromatic carbocycles. The summed E-state index contributed by atoms with van der Waals surface area (Å²) in [6, 6.07) is 40.0. The maximum Gasteiger partial charge on any atom is 0 e. The number of rotatable bonds is 2. The number of allylic oxidation sites excluding steroid dienone is 4. The molecule has 0 aromatic heterocycles. The number of benzene rings is 4. The van der Waals surface area contributed by atoms with Gasteiger partial charge < -0.3 is 24.8 Å². The Kier molecular flexibility index (Phi) is 14.1. The second-order valence-corrected chi connectivity index (χ2v) is 7.29. The van der Waals surface area contributed by atoms with E-state index in [-0.39, 0.29) is 50.7 Å². The fourth-order valence-electron chi connectivity index (χ4n) is 3.54. The summed E-state index contributed by atoms with van der Waals surface area (Å²) in [7, 11) is 0. The van der Waals surface area contributed by atoms with Gasteiger partial charge in [-0.3, -0.25) is 6.08 Å². The van der Waals surface area contributed by atoms with Crippen LogP contribution in [-0.4, -0.2) is 0 Å². The summed E-state index contributed by atoms with van der Waals surface area (Å²) in [5.74, 6) is 0. The SMILES string of the molecule is [C-]1=CC=CC1.[Cl-].[Cl-].[Hf].c1ccc([CH-]c2ccccc2)cc1.c1ccc2c(c1)[cH-]c1ccccc12. The van der Waals surface area contributed by atoms with Gasteiger partial charge in [0.05, 0.1) is 0 Å². The van der Waals surface area contributed by atoms with Crippen molar-refractivity contribution in [2.75, 3.05) is 0 Å². The van der Waals surface area contributed by atoms with E-state index < -0.39 is 0 Å². The van der Waals surface area contributed by atoms with Crippen LogP contribution in [0.25, 0.3) is 21.5 Å². The van der Waals surface area contributed by atoms with Crippen molar-refractivity contribution in [3.63, 3.8) is 0 Å². The molecular weight excluding hydrogens is 622 g/mol. The third-order valence-corrected chi connectivity index (χ3v) is 5.04. The van der Waals surface area contributed by atoms with E-state index in [1.54, 1.807) is 0 Å². The van der Waals surface area contributed by atoms with Gasteiger partial charge in [0.2, 0.25) is 0 Å². The van der Waals surface area contributed by atoms with Crippen LogP contribution in [-0.2, 0) is 25.8 Å². The van der Waals surface area contributed by atoms with Crippen LogP contribution in [0.2, 0.25) is 0 Å². The summed E-state index contributed by atoms with van der Waals surface area (Å²) in [6.07, 6.45) is 12.2. The topological polar surface area (TPSA) is 0 Å². The average molecular weight is 647 g/mol. The second-order valence-electron chi connectivity index (χ2n) is 7.29. The summed E-state index contributed by atoms with van der Waals surface area (Å²) in [4.78, 5) is 0. The van der Waals surface area contributed by atoms with Crippen molar-refractivity contribution in [2.24, 2.45) is 0 Å². The molecule has 34 heavy (non-hydrogen) atoms. The van der Waals surface area contributed by atoms with Crippen molar-refractivity contribution in [3.8, 4) is 0 Å². The number of hydrogen-bond acceptors (Lipinski definition) is 0. The molecule has 0 saturated heterocycles. The first-order valence-electron chi connectivity index (χ1n) is 10.6. The van der Waals surface area contributed by atoms with Gasteiger partial charge in [0.15, 0.2) is 0 Å². The first kappa shape index (κ1) is 29.6. The van der Waals surface area contributed by atoms with Gasteiger partial charge in [0, 0.05) is 25.8 Å². The Morgan fingerprint density at radius 2 is 1.03 bits per heavy atom. The van der Waals surface area contributed by atoms with Gasteiger partial charge >= 0.3 is 0 Å². The molecule has 0 aliphatic heterocycles. The minimum absolute atomic E-state index is 0. The minimum Gasteiger partial charge on any atom is -1.00 e. The fourth-order valence-corrected chi connectivity index (χ4v) is 3.54. The van der Waals surface area contributed by atoms with Crippen molar-refractivity contribution in [1.82, 2.24) is 0 Å². The third kappa shape index (κ3) is 8.72. The van der Waals surface area contributed by atoms with Crippen LogP contribution in [0.5, 0.6) is 0 Å². The average Bonchev–Trinajstić information content (AvgIpc) is 3.53. The monoisotopic (exact) mass is 647 g/mol. The second kappa shape index (κ2) is 16.2. The molecule has 0 spiro atoms. The van der Waals surface area contributed by atoms with E-state index in [0.717, 1.165) is 6.42 Å². The standard InChI is InChI=1S/C13H9.C13H11.C5H5.2ClH.Hf/c1-3-7-12-10(5-1)9-11-6-2-4-8-13(11)12;1-3-7-12(8-4-1)11-13-9-5-2-6-10-13;1-2-4-5-3-1;;;/h1-9H;1-11H;1-3H,4H2;2*1H;/q3*-1;;;/p-2. The van der Waals surface area contributed by atoms with Gasteiger partial charge in [0.25, 0.3) is 0 Å². The zero-order chi connectivity index (χ0) is 21.1. The molecule has 5 aromatic rings. The molecule has 0 bridgehead atoms. The molecule has 172 valence electrons. The summed E-state index contributed by atoms with van der Waals surface area (Å²) < 4.78 is 0. The van der Waals surface area contributed by atoms with E-state index in [4.69, 9.17) is 0 Å². The number of halogens is 2. The molecule has 0 nitrogen and oxygen atoms in total. The van der Waals surface area contributed by atoms with E-state index in [0.29, 0.717) is 0 Å². The molecule has 0 heterocycles. The van der Waals surface area contributed by atoms with E-state index >= 15 is 0 Å². The van der Waals surface area contributed by atoms with Crippen LogP contribution >= 0.6 is 0 Å². The first-order chi connectivity index (χ1) is 15.4. The Hall–Kier alpha value is -2.45. The summed E-state index contributed by atoms with van der Waals surface area (Å²) in [5, 5.41) is 5.39. The smallest absolute Gasteiger partial charge is 0 e. The van der Waals surface area contributed by atoms with E-state index in [2.05, 4.69) is 122 Å². The molecule has 6 rings (SSSR count). The van der Waals surface area contributed by atoms with E-state index in [1.807, 2.05) is 24.3 Å². The van der Waals surface area contributed by atoms with Crippen molar-refractivity contribution in [2.45, 2.75) is 6.42 Å². The molecule has 3 heteroatoms. The summed E-state index contributed by atoms with van der Waals surface area (Å²) in [5.41, 5.74) is 2.49. The van der Waals surface area contributed by atoms with E-state index in [1.165, 1.54) is 32.7 Å². The van der Waals surface area contributed by atoms with Crippen molar-refractivity contribution < 1.29 is 50.7 Å². The maximum atomic E-state index is 2.99. The first-order valence-corrected chi connectivity index (χ1v) is 10.6. The predicted molar refractivity (Wildman–Crippen MR) is 134 cm³/mol. The Morgan fingerprint density at radius 3 is 1.41 bits per heavy atom. The van der Waals surface area contributed by atoms with Crippen LogP contribution in [0.4, 0.5) is 0 Å². The number of hydrogen-bond donors (Lipinski definition) is 0. The quantitative estimate of drug-likeness (QED) is 0.204. The van der Waals surface area contributed by atoms with Crippen LogP contribution < -0.4 is 24.8 Å². The molecule has 0 amide bonds. The molecule has 1 aliphatic rings. The van der Waals surface area contributed by atoms with Crippen molar-refractivity contribution >= 4 is 21.5 Å². The molecule has 0 radical (unpaired) electrons. The number of fused-ring (bicyclic) bond motifs is 3. The minimum atomic E-state index is 0. The Morgan fingerprint density at radius 1 is 0.588 bits per heavy atom. The zero-order valence-corrected chi connectivity index (χ0v) is 23.8. The predicted octanol–water partition coefficient (Wildman–Crippen LogP) is 2.31. The van der Waals surface area contributed by atoms with Gasteiger partial charge in [-0.25, -0.2) is 12.2 Å². The summed E-state index contributed by atoms with van der Waals surface area (Å²) >= 11 is 0. The molecule has 0 unspecified atom stereocenters. The Labute approximate surface area is 234 Å². The van der Waals surface area contributed by atoms with Gasteiger partial charge in [-0.2, -0.15) is 6.08 Å². The van der Waals surface area contributed by atoms with Gasteiger partial charge in [-0.05, 0) is 0 Å². The molecule has 0 saturated carbocycles. The molecule has 0 atom stereocenters. The molecule has 1 aliphatic carbocycles. The Bertz CT molecular complexity index is 1170. The zero-order valence-electron chi connectivity index (χ0n) is 18.7. The Balaban J connectivity index is 0.000000264. The third-order valence-electron chi connectivity index (χ3n) is 5.04. The van der Waals surface area contributed by atoms with Crippen molar-refractivity contribution in [1.29, 1.82) is 0 Å². The van der Waals surface area contributed by atoms with Crippen LogP contribution in [0.3, 0.4) is 0 Å². The molecule has 0 N–H and O–H groups in total. The van der Waals surface area contributed by atoms with E-state index in [9.17, 15) is 0 Å². The van der Waals surface area contributed by atoms with Gasteiger partial charge in [0.1, 0.15) is 0 Å². The van der Waals surface area contributed by atoms with Crippen LogP contribution in [0.15, 0.2) is 133 Å². The fraction of sp³-hybridized carbons (Fsp3) is 0.0323. The molecule has 0 fully saturated rings. The maximum absolute atomic E-state index is 2.99. The largest absolute Gasteiger partial charge is 1.00 e.